The van der Waals surface area contributed by atoms with Crippen LogP contribution in [0.1, 0.15) is 77.1 Å². The molecule has 0 saturated heterocycles. The van der Waals surface area contributed by atoms with Crippen LogP contribution in [0, 0.1) is 0 Å². The minimum absolute atomic E-state index is 0.0836. The number of nitrogens with two attached hydrogens (primary N) is 1. The number of phenols is 1. The van der Waals surface area contributed by atoms with Crippen molar-refractivity contribution in [1.29, 1.82) is 0 Å². The molecule has 0 aliphatic rings. The van der Waals surface area contributed by atoms with Crippen LogP contribution in [-0.4, -0.2) is 5.11 Å². The average molecular weight is 277 g/mol. The fourth-order valence-corrected chi connectivity index (χ4v) is 2.87. The van der Waals surface area contributed by atoms with Crippen LogP contribution in [0.2, 0.25) is 0 Å². The van der Waals surface area contributed by atoms with Crippen molar-refractivity contribution < 1.29 is 5.11 Å². The highest BCUT2D eigenvalue weighted by Gasteiger charge is 2.29. The number of rotatable bonds is 3. The van der Waals surface area contributed by atoms with Crippen LogP contribution in [-0.2, 0) is 23.8 Å². The van der Waals surface area contributed by atoms with Crippen LogP contribution in [0.4, 0.5) is 0 Å². The van der Waals surface area contributed by atoms with Gasteiger partial charge in [0.05, 0.1) is 0 Å². The molecule has 0 aliphatic carbocycles. The van der Waals surface area contributed by atoms with Crippen LogP contribution >= 0.6 is 0 Å². The lowest BCUT2D eigenvalue weighted by atomic mass is 9.75. The summed E-state index contributed by atoms with van der Waals surface area (Å²) in [6.07, 6.45) is 2.03. The molecule has 114 valence electrons. The molecule has 0 radical (unpaired) electrons. The Morgan fingerprint density at radius 3 is 1.95 bits per heavy atom. The molecule has 0 saturated carbocycles. The van der Waals surface area contributed by atoms with Gasteiger partial charge < -0.3 is 10.8 Å². The van der Waals surface area contributed by atoms with Gasteiger partial charge in [-0.25, -0.2) is 0 Å². The van der Waals surface area contributed by atoms with Crippen LogP contribution < -0.4 is 5.73 Å². The molecule has 0 amide bonds. The van der Waals surface area contributed by atoms with Gasteiger partial charge in [0.1, 0.15) is 5.75 Å². The van der Waals surface area contributed by atoms with E-state index >= 15 is 0 Å². The molecular weight excluding hydrogens is 246 g/mol. The lowest BCUT2D eigenvalue weighted by Gasteiger charge is -2.31. The summed E-state index contributed by atoms with van der Waals surface area (Å²) < 4.78 is 0. The molecule has 1 aromatic carbocycles. The molecule has 3 N–H and O–H groups in total. The highest BCUT2D eigenvalue weighted by molar-refractivity contribution is 5.55. The third-order valence-electron chi connectivity index (χ3n) is 3.78. The van der Waals surface area contributed by atoms with E-state index in [1.54, 1.807) is 0 Å². The summed E-state index contributed by atoms with van der Waals surface area (Å²) in [5, 5.41) is 10.8. The summed E-state index contributed by atoms with van der Waals surface area (Å²) in [7, 11) is 0. The van der Waals surface area contributed by atoms with Crippen molar-refractivity contribution in [2.45, 2.75) is 78.7 Å². The van der Waals surface area contributed by atoms with Crippen molar-refractivity contribution in [2.24, 2.45) is 5.73 Å². The maximum atomic E-state index is 10.8. The van der Waals surface area contributed by atoms with Crippen molar-refractivity contribution >= 4 is 0 Å². The van der Waals surface area contributed by atoms with E-state index in [4.69, 9.17) is 5.73 Å². The molecule has 0 spiro atoms. The SMILES string of the molecule is CCCc1c(CN)cc(C(C)(C)C)c(O)c1C(C)(C)C. The Bertz CT molecular complexity index is 476. The number of aromatic hydroxyl groups is 1. The zero-order valence-corrected chi connectivity index (χ0v) is 14.2. The lowest BCUT2D eigenvalue weighted by Crippen LogP contribution is -2.21. The smallest absolute Gasteiger partial charge is 0.123 e. The lowest BCUT2D eigenvalue weighted by molar-refractivity contribution is 0.420. The molecule has 2 nitrogen and oxygen atoms in total. The molecule has 1 aromatic rings. The topological polar surface area (TPSA) is 46.2 Å². The second-order valence-corrected chi connectivity index (χ2v) is 7.74. The zero-order valence-electron chi connectivity index (χ0n) is 14.2. The normalized spacial score (nSPS) is 12.8. The Labute approximate surface area is 124 Å². The Hall–Kier alpha value is -1.02. The van der Waals surface area contributed by atoms with E-state index < -0.39 is 0 Å². The summed E-state index contributed by atoms with van der Waals surface area (Å²) in [6.45, 7) is 15.6. The quantitative estimate of drug-likeness (QED) is 0.860. The molecule has 0 atom stereocenters. The van der Waals surface area contributed by atoms with Gasteiger partial charge in [-0.05, 0) is 33.9 Å². The van der Waals surface area contributed by atoms with E-state index in [1.165, 1.54) is 11.1 Å². The van der Waals surface area contributed by atoms with Crippen molar-refractivity contribution in [2.75, 3.05) is 0 Å². The third-order valence-corrected chi connectivity index (χ3v) is 3.78. The van der Waals surface area contributed by atoms with Crippen molar-refractivity contribution in [3.05, 3.63) is 28.3 Å². The zero-order chi connectivity index (χ0) is 15.7. The van der Waals surface area contributed by atoms with E-state index in [9.17, 15) is 5.11 Å². The van der Waals surface area contributed by atoms with Crippen LogP contribution in [0.25, 0.3) is 0 Å². The van der Waals surface area contributed by atoms with Gasteiger partial charge in [0.25, 0.3) is 0 Å². The molecule has 20 heavy (non-hydrogen) atoms. The van der Waals surface area contributed by atoms with E-state index in [2.05, 4.69) is 54.5 Å². The highest BCUT2D eigenvalue weighted by atomic mass is 16.3. The molecule has 0 heterocycles. The fraction of sp³-hybridized carbons (Fsp3) is 0.667. The summed E-state index contributed by atoms with van der Waals surface area (Å²) in [5.41, 5.74) is 10.3. The van der Waals surface area contributed by atoms with E-state index in [0.29, 0.717) is 12.3 Å². The minimum Gasteiger partial charge on any atom is -0.507 e. The number of phenolic OH excluding ortho intramolecular Hbond substituents is 1. The number of benzene rings is 1. The predicted octanol–water partition coefficient (Wildman–Crippen LogP) is 4.40. The summed E-state index contributed by atoms with van der Waals surface area (Å²) >= 11 is 0. The van der Waals surface area contributed by atoms with Crippen LogP contribution in [0.5, 0.6) is 5.75 Å². The summed E-state index contributed by atoms with van der Waals surface area (Å²) in [5.74, 6) is 0.464. The molecule has 0 aromatic heterocycles. The fourth-order valence-electron chi connectivity index (χ4n) is 2.87. The monoisotopic (exact) mass is 277 g/mol. The van der Waals surface area contributed by atoms with Gasteiger partial charge in [0.15, 0.2) is 0 Å². The molecule has 0 bridgehead atoms. The first-order valence-electron chi connectivity index (χ1n) is 7.62. The standard InChI is InChI=1S/C18H31NO/c1-8-9-13-12(11-19)10-14(17(2,3)4)16(20)15(13)18(5,6)7/h10,20H,8-9,11,19H2,1-7H3. The molecular formula is C18H31NO. The number of hydrogen-bond acceptors (Lipinski definition) is 2. The Morgan fingerprint density at radius 1 is 1.05 bits per heavy atom. The Morgan fingerprint density at radius 2 is 1.60 bits per heavy atom. The second-order valence-electron chi connectivity index (χ2n) is 7.74. The largest absolute Gasteiger partial charge is 0.507 e. The molecule has 0 fully saturated rings. The van der Waals surface area contributed by atoms with E-state index in [-0.39, 0.29) is 10.8 Å². The van der Waals surface area contributed by atoms with Crippen molar-refractivity contribution in [3.63, 3.8) is 0 Å². The molecule has 0 aliphatic heterocycles. The summed E-state index contributed by atoms with van der Waals surface area (Å²) in [4.78, 5) is 0. The maximum absolute atomic E-state index is 10.8. The average Bonchev–Trinajstić information content (AvgIpc) is 2.26. The van der Waals surface area contributed by atoms with Gasteiger partial charge in [-0.1, -0.05) is 61.0 Å². The van der Waals surface area contributed by atoms with Gasteiger partial charge in [-0.3, -0.25) is 0 Å². The maximum Gasteiger partial charge on any atom is 0.123 e. The highest BCUT2D eigenvalue weighted by Crippen LogP contribution is 2.42. The Balaban J connectivity index is 3.74. The first-order chi connectivity index (χ1) is 9.04. The molecule has 0 unspecified atom stereocenters. The van der Waals surface area contributed by atoms with Crippen molar-refractivity contribution in [3.8, 4) is 5.75 Å². The van der Waals surface area contributed by atoms with E-state index in [0.717, 1.165) is 24.0 Å². The Kier molecular flexibility index (Phi) is 4.91. The van der Waals surface area contributed by atoms with Gasteiger partial charge in [0, 0.05) is 12.1 Å². The van der Waals surface area contributed by atoms with Crippen LogP contribution in [0.3, 0.4) is 0 Å². The first kappa shape index (κ1) is 17.0. The van der Waals surface area contributed by atoms with Gasteiger partial charge in [-0.15, -0.1) is 0 Å². The second kappa shape index (κ2) is 5.77. The molecule has 1 rings (SSSR count). The number of hydrogen-bond donors (Lipinski definition) is 2. The molecule has 2 heteroatoms. The third kappa shape index (κ3) is 3.35. The van der Waals surface area contributed by atoms with Crippen LogP contribution in [0.15, 0.2) is 6.07 Å². The van der Waals surface area contributed by atoms with E-state index in [1.807, 2.05) is 0 Å². The van der Waals surface area contributed by atoms with Gasteiger partial charge in [0.2, 0.25) is 0 Å². The van der Waals surface area contributed by atoms with Gasteiger partial charge >= 0.3 is 0 Å². The van der Waals surface area contributed by atoms with Crippen molar-refractivity contribution in [1.82, 2.24) is 0 Å². The predicted molar refractivity (Wildman–Crippen MR) is 87.4 cm³/mol. The van der Waals surface area contributed by atoms with Gasteiger partial charge in [-0.2, -0.15) is 0 Å². The summed E-state index contributed by atoms with van der Waals surface area (Å²) in [6, 6.07) is 2.11. The first-order valence-corrected chi connectivity index (χ1v) is 7.62. The minimum atomic E-state index is -0.0846.